The molecule has 4 aliphatic rings. The molecule has 17 heteroatoms. The highest BCUT2D eigenvalue weighted by molar-refractivity contribution is 5.99. The molecule has 4 fully saturated rings. The zero-order valence-corrected chi connectivity index (χ0v) is 34.4. The molecule has 0 radical (unpaired) electrons. The van der Waals surface area contributed by atoms with Crippen LogP contribution in [0, 0.1) is 5.92 Å². The van der Waals surface area contributed by atoms with E-state index in [1.165, 1.54) is 5.69 Å². The number of nitrogens with zero attached hydrogens (tertiary/aromatic N) is 10. The number of aromatic nitrogens is 7. The second kappa shape index (κ2) is 17.0. The molecule has 3 saturated heterocycles. The summed E-state index contributed by atoms with van der Waals surface area (Å²) >= 11 is 0. The lowest BCUT2D eigenvalue weighted by Gasteiger charge is -2.40. The van der Waals surface area contributed by atoms with Gasteiger partial charge in [-0.3, -0.25) is 29.4 Å². The third-order valence-electron chi connectivity index (χ3n) is 13.0. The van der Waals surface area contributed by atoms with Crippen molar-refractivity contribution in [2.45, 2.75) is 63.1 Å². The molecule has 62 heavy (non-hydrogen) atoms. The summed E-state index contributed by atoms with van der Waals surface area (Å²) in [5.41, 5.74) is 5.58. The lowest BCUT2D eigenvalue weighted by molar-refractivity contribution is -0.136. The minimum Gasteiger partial charge on any atom is -0.372 e. The molecule has 0 spiro atoms. The van der Waals surface area contributed by atoms with E-state index in [-0.39, 0.29) is 42.3 Å². The number of amides is 3. The number of piperazine rings is 1. The standard InChI is InChI=1S/C45H49N13O4/c59-38-14-13-37(44(61)51-38)58-45(62)40-35(52-53-58)7-4-8-36(40)56-21-19-54(20-22-56)26-30-15-17-55(18-16-30)33-11-9-31(10-12-33)50-42-41-43(47-27-46-42)57(28-48-41)34-24-32(25-34)49-39(60)23-29-5-2-1-3-6-29/h1-12,27-28,30,32,34,37H,13-26H2,(H,49,60)(H,46,47,50)(H,51,59,61). The number of carbonyl (C=O) groups is 3. The van der Waals surface area contributed by atoms with Gasteiger partial charge in [0.05, 0.1) is 23.8 Å². The predicted molar refractivity (Wildman–Crippen MR) is 234 cm³/mol. The van der Waals surface area contributed by atoms with Gasteiger partial charge in [0.25, 0.3) is 11.5 Å². The third-order valence-corrected chi connectivity index (χ3v) is 13.0. The Hall–Kier alpha value is -6.75. The van der Waals surface area contributed by atoms with Crippen LogP contribution in [0.5, 0.6) is 0 Å². The first-order valence-electron chi connectivity index (χ1n) is 21.6. The van der Waals surface area contributed by atoms with E-state index in [9.17, 15) is 19.2 Å². The van der Waals surface area contributed by atoms with Gasteiger partial charge in [-0.2, -0.15) is 4.68 Å². The number of hydrogen-bond acceptors (Lipinski definition) is 13. The van der Waals surface area contributed by atoms with Gasteiger partial charge in [0.15, 0.2) is 17.0 Å². The average molecular weight is 836 g/mol. The van der Waals surface area contributed by atoms with Crippen LogP contribution in [0.25, 0.3) is 22.1 Å². The van der Waals surface area contributed by atoms with E-state index in [1.807, 2.05) is 48.8 Å². The molecule has 0 bridgehead atoms. The van der Waals surface area contributed by atoms with Crippen LogP contribution >= 0.6 is 0 Å². The Labute approximate surface area is 357 Å². The monoisotopic (exact) mass is 835 g/mol. The number of piperidine rings is 2. The Morgan fingerprint density at radius 1 is 0.806 bits per heavy atom. The van der Waals surface area contributed by atoms with Crippen molar-refractivity contribution < 1.29 is 14.4 Å². The normalized spacial score (nSPS) is 21.2. The summed E-state index contributed by atoms with van der Waals surface area (Å²) in [5, 5.41) is 17.8. The van der Waals surface area contributed by atoms with E-state index < -0.39 is 11.9 Å². The van der Waals surface area contributed by atoms with E-state index in [0.29, 0.717) is 29.1 Å². The molecule has 3 aromatic carbocycles. The summed E-state index contributed by atoms with van der Waals surface area (Å²) in [6.45, 7) is 6.37. The van der Waals surface area contributed by atoms with Crippen LogP contribution in [0.2, 0.25) is 0 Å². The summed E-state index contributed by atoms with van der Waals surface area (Å²) in [6.07, 6.45) is 8.07. The third kappa shape index (κ3) is 8.07. The highest BCUT2D eigenvalue weighted by Crippen LogP contribution is 2.36. The highest BCUT2D eigenvalue weighted by Gasteiger charge is 2.34. The Morgan fingerprint density at radius 2 is 1.60 bits per heavy atom. The Bertz CT molecular complexity index is 2660. The van der Waals surface area contributed by atoms with Crippen molar-refractivity contribution in [3.63, 3.8) is 0 Å². The van der Waals surface area contributed by atoms with Crippen molar-refractivity contribution in [3.05, 3.63) is 101 Å². The first kappa shape index (κ1) is 39.4. The molecule has 3 aliphatic heterocycles. The van der Waals surface area contributed by atoms with Crippen LogP contribution < -0.4 is 31.3 Å². The molecule has 6 aromatic rings. The lowest BCUT2D eigenvalue weighted by atomic mass is 9.86. The quantitative estimate of drug-likeness (QED) is 0.160. The SMILES string of the molecule is O=C1CCC(n2nnc3cccc(N4CCN(CC5CCN(c6ccc(Nc7ncnc8c7ncn8C7CC(NC(=O)Cc8ccccc8)C7)cc6)CC5)CC4)c3c2=O)C(=O)N1. The minimum absolute atomic E-state index is 0.0466. The Kier molecular flexibility index (Phi) is 10.8. The van der Waals surface area contributed by atoms with Crippen molar-refractivity contribution in [1.29, 1.82) is 0 Å². The zero-order valence-electron chi connectivity index (χ0n) is 34.4. The van der Waals surface area contributed by atoms with Gasteiger partial charge < -0.3 is 25.0 Å². The Morgan fingerprint density at radius 3 is 2.37 bits per heavy atom. The molecule has 3 aromatic heterocycles. The van der Waals surface area contributed by atoms with Gasteiger partial charge in [0.2, 0.25) is 11.8 Å². The van der Waals surface area contributed by atoms with E-state index in [0.717, 1.165) is 104 Å². The van der Waals surface area contributed by atoms with Crippen LogP contribution in [-0.2, 0) is 20.8 Å². The number of anilines is 4. The molecule has 3 amide bonds. The van der Waals surface area contributed by atoms with Gasteiger partial charge >= 0.3 is 0 Å². The van der Waals surface area contributed by atoms with E-state index >= 15 is 0 Å². The Balaban J connectivity index is 0.696. The molecule has 1 saturated carbocycles. The fraction of sp³-hybridized carbons (Fsp3) is 0.400. The summed E-state index contributed by atoms with van der Waals surface area (Å²) in [4.78, 5) is 71.6. The maximum absolute atomic E-state index is 13.7. The number of fused-ring (bicyclic) bond motifs is 2. The zero-order chi connectivity index (χ0) is 42.2. The van der Waals surface area contributed by atoms with Crippen molar-refractivity contribution in [2.75, 3.05) is 60.9 Å². The topological polar surface area (TPSA) is 188 Å². The largest absolute Gasteiger partial charge is 0.372 e. The molecule has 10 rings (SSSR count). The number of hydrogen-bond donors (Lipinski definition) is 3. The molecule has 318 valence electrons. The van der Waals surface area contributed by atoms with Crippen LogP contribution in [0.1, 0.15) is 56.2 Å². The summed E-state index contributed by atoms with van der Waals surface area (Å²) in [7, 11) is 0. The summed E-state index contributed by atoms with van der Waals surface area (Å²) < 4.78 is 3.24. The van der Waals surface area contributed by atoms with Crippen molar-refractivity contribution >= 4 is 62.7 Å². The first-order valence-corrected chi connectivity index (χ1v) is 21.6. The number of imidazole rings is 1. The smallest absolute Gasteiger partial charge is 0.280 e. The summed E-state index contributed by atoms with van der Waals surface area (Å²) in [5.74, 6) is 0.456. The second-order valence-electron chi connectivity index (χ2n) is 17.0. The van der Waals surface area contributed by atoms with E-state index in [1.54, 1.807) is 12.4 Å². The number of imide groups is 1. The molecular formula is C45H49N13O4. The number of rotatable bonds is 11. The first-order chi connectivity index (χ1) is 30.3. The highest BCUT2D eigenvalue weighted by atomic mass is 16.2. The fourth-order valence-corrected chi connectivity index (χ4v) is 9.47. The van der Waals surface area contributed by atoms with Crippen molar-refractivity contribution in [2.24, 2.45) is 5.92 Å². The maximum Gasteiger partial charge on any atom is 0.280 e. The van der Waals surface area contributed by atoms with Gasteiger partial charge in [-0.25, -0.2) is 15.0 Å². The molecule has 1 atom stereocenters. The second-order valence-corrected chi connectivity index (χ2v) is 17.0. The van der Waals surface area contributed by atoms with Crippen molar-refractivity contribution in [1.82, 2.24) is 50.0 Å². The van der Waals surface area contributed by atoms with Gasteiger partial charge in [0, 0.05) is 75.7 Å². The molecule has 1 aliphatic carbocycles. The van der Waals surface area contributed by atoms with Crippen molar-refractivity contribution in [3.8, 4) is 0 Å². The number of benzene rings is 3. The molecule has 17 nitrogen and oxygen atoms in total. The van der Waals surface area contributed by atoms with Gasteiger partial charge in [-0.1, -0.05) is 41.6 Å². The van der Waals surface area contributed by atoms with E-state index in [2.05, 4.69) is 79.8 Å². The van der Waals surface area contributed by atoms with Crippen LogP contribution in [-0.4, -0.2) is 109 Å². The number of carbonyl (C=O) groups excluding carboxylic acids is 3. The number of nitrogens with one attached hydrogen (secondary N) is 3. The van der Waals surface area contributed by atoms with Crippen LogP contribution in [0.4, 0.5) is 22.9 Å². The van der Waals surface area contributed by atoms with Crippen LogP contribution in [0.3, 0.4) is 0 Å². The lowest BCUT2D eigenvalue weighted by Crippen LogP contribution is -2.49. The molecular weight excluding hydrogens is 787 g/mol. The predicted octanol–water partition coefficient (Wildman–Crippen LogP) is 3.75. The molecule has 6 heterocycles. The van der Waals surface area contributed by atoms with Crippen LogP contribution in [0.15, 0.2) is 90.2 Å². The fourth-order valence-electron chi connectivity index (χ4n) is 9.47. The summed E-state index contributed by atoms with van der Waals surface area (Å²) in [6, 6.07) is 23.4. The minimum atomic E-state index is -0.856. The average Bonchev–Trinajstić information content (AvgIpc) is 3.71. The maximum atomic E-state index is 13.7. The van der Waals surface area contributed by atoms with Gasteiger partial charge in [-0.15, -0.1) is 5.10 Å². The molecule has 1 unspecified atom stereocenters. The van der Waals surface area contributed by atoms with Gasteiger partial charge in [-0.05, 0) is 80.0 Å². The van der Waals surface area contributed by atoms with E-state index in [4.69, 9.17) is 4.98 Å². The molecule has 3 N–H and O–H groups in total. The van der Waals surface area contributed by atoms with Gasteiger partial charge in [0.1, 0.15) is 17.9 Å².